The van der Waals surface area contributed by atoms with Gasteiger partial charge in [0, 0.05) is 6.20 Å². The minimum Gasteiger partial charge on any atom is -0.394 e. The summed E-state index contributed by atoms with van der Waals surface area (Å²) in [4.78, 5) is 0. The number of hydrogen-bond acceptors (Lipinski definition) is 3. The van der Waals surface area contributed by atoms with Gasteiger partial charge in [-0.15, -0.1) is 0 Å². The van der Waals surface area contributed by atoms with Crippen LogP contribution in [0.3, 0.4) is 0 Å². The normalized spacial score (nSPS) is 12.0. The molecule has 1 aromatic heterocycles. The van der Waals surface area contributed by atoms with Gasteiger partial charge in [0.15, 0.2) is 0 Å². The van der Waals surface area contributed by atoms with Gasteiger partial charge in [0.05, 0.1) is 13.2 Å². The number of aliphatic hydroxyl groups is 2. The van der Waals surface area contributed by atoms with Gasteiger partial charge in [-0.05, 0) is 35.6 Å². The average Bonchev–Trinajstić information content (AvgIpc) is 2.51. The highest BCUT2D eigenvalue weighted by molar-refractivity contribution is 14.1. The standard InChI is InChI=1S/C7H11IN2O2/c1-7(4-11,5-12)10-3-2-6(8)9-10/h2-3,11-12H,4-5H2,1H3. The van der Waals surface area contributed by atoms with Crippen LogP contribution in [0.2, 0.25) is 0 Å². The van der Waals surface area contributed by atoms with Crippen molar-refractivity contribution in [2.45, 2.75) is 12.5 Å². The van der Waals surface area contributed by atoms with E-state index in [0.29, 0.717) is 0 Å². The van der Waals surface area contributed by atoms with E-state index in [2.05, 4.69) is 27.7 Å². The quantitative estimate of drug-likeness (QED) is 0.778. The maximum Gasteiger partial charge on any atom is 0.123 e. The third-order valence-electron chi connectivity index (χ3n) is 1.79. The topological polar surface area (TPSA) is 58.3 Å². The fourth-order valence-corrected chi connectivity index (χ4v) is 1.19. The molecule has 0 aliphatic carbocycles. The molecule has 0 amide bonds. The summed E-state index contributed by atoms with van der Waals surface area (Å²) in [6, 6.07) is 1.82. The molecule has 0 atom stereocenters. The van der Waals surface area contributed by atoms with Gasteiger partial charge in [0.1, 0.15) is 9.24 Å². The van der Waals surface area contributed by atoms with Crippen molar-refractivity contribution in [3.05, 3.63) is 16.0 Å². The lowest BCUT2D eigenvalue weighted by Crippen LogP contribution is -2.38. The van der Waals surface area contributed by atoms with Gasteiger partial charge < -0.3 is 10.2 Å². The summed E-state index contributed by atoms with van der Waals surface area (Å²) < 4.78 is 2.43. The van der Waals surface area contributed by atoms with Gasteiger partial charge in [-0.25, -0.2) is 0 Å². The lowest BCUT2D eigenvalue weighted by Gasteiger charge is -2.24. The van der Waals surface area contributed by atoms with Crippen LogP contribution in [0, 0.1) is 3.70 Å². The van der Waals surface area contributed by atoms with E-state index in [1.807, 2.05) is 6.07 Å². The third kappa shape index (κ3) is 1.78. The molecule has 1 rings (SSSR count). The fraction of sp³-hybridized carbons (Fsp3) is 0.571. The summed E-state index contributed by atoms with van der Waals surface area (Å²) >= 11 is 2.08. The smallest absolute Gasteiger partial charge is 0.123 e. The van der Waals surface area contributed by atoms with Crippen molar-refractivity contribution in [2.24, 2.45) is 0 Å². The summed E-state index contributed by atoms with van der Waals surface area (Å²) in [5.74, 6) is 0. The number of halogens is 1. The Labute approximate surface area is 84.3 Å². The molecule has 0 aliphatic heterocycles. The zero-order valence-corrected chi connectivity index (χ0v) is 8.89. The molecule has 0 radical (unpaired) electrons. The second-order valence-electron chi connectivity index (χ2n) is 2.90. The van der Waals surface area contributed by atoms with Crippen LogP contribution >= 0.6 is 22.6 Å². The molecule has 4 nitrogen and oxygen atoms in total. The predicted molar refractivity (Wildman–Crippen MR) is 52.8 cm³/mol. The Balaban J connectivity index is 2.94. The molecule has 0 unspecified atom stereocenters. The number of rotatable bonds is 3. The predicted octanol–water partition coefficient (Wildman–Crippen LogP) is 0.187. The van der Waals surface area contributed by atoms with Crippen molar-refractivity contribution in [3.8, 4) is 0 Å². The van der Waals surface area contributed by atoms with E-state index in [4.69, 9.17) is 10.2 Å². The first-order valence-electron chi connectivity index (χ1n) is 3.56. The lowest BCUT2D eigenvalue weighted by atomic mass is 10.1. The first kappa shape index (κ1) is 9.94. The Kier molecular flexibility index (Phi) is 3.08. The lowest BCUT2D eigenvalue weighted by molar-refractivity contribution is 0.0679. The molecule has 0 fully saturated rings. The molecule has 12 heavy (non-hydrogen) atoms. The highest BCUT2D eigenvalue weighted by atomic mass is 127. The number of nitrogens with zero attached hydrogens (tertiary/aromatic N) is 2. The first-order valence-corrected chi connectivity index (χ1v) is 4.63. The van der Waals surface area contributed by atoms with Crippen molar-refractivity contribution in [1.29, 1.82) is 0 Å². The zero-order valence-electron chi connectivity index (χ0n) is 6.74. The van der Waals surface area contributed by atoms with Crippen LogP contribution in [-0.2, 0) is 5.54 Å². The third-order valence-corrected chi connectivity index (χ3v) is 2.37. The van der Waals surface area contributed by atoms with Crippen LogP contribution in [0.4, 0.5) is 0 Å². The number of aliphatic hydroxyl groups excluding tert-OH is 2. The van der Waals surface area contributed by atoms with Gasteiger partial charge in [-0.2, -0.15) is 5.10 Å². The molecule has 0 saturated carbocycles. The van der Waals surface area contributed by atoms with Crippen molar-refractivity contribution in [3.63, 3.8) is 0 Å². The van der Waals surface area contributed by atoms with E-state index in [1.54, 1.807) is 17.8 Å². The minimum atomic E-state index is -0.691. The molecule has 1 heterocycles. The molecule has 0 bridgehead atoms. The monoisotopic (exact) mass is 282 g/mol. The van der Waals surface area contributed by atoms with Gasteiger partial charge >= 0.3 is 0 Å². The molecule has 0 spiro atoms. The zero-order chi connectivity index (χ0) is 9.19. The van der Waals surface area contributed by atoms with Crippen LogP contribution in [0.5, 0.6) is 0 Å². The van der Waals surface area contributed by atoms with E-state index in [-0.39, 0.29) is 13.2 Å². The highest BCUT2D eigenvalue weighted by Crippen LogP contribution is 2.14. The fourth-order valence-electron chi connectivity index (χ4n) is 0.797. The molecule has 1 aromatic rings. The largest absolute Gasteiger partial charge is 0.394 e. The van der Waals surface area contributed by atoms with Crippen molar-refractivity contribution in [2.75, 3.05) is 13.2 Å². The molecular weight excluding hydrogens is 271 g/mol. The number of aromatic nitrogens is 2. The van der Waals surface area contributed by atoms with Crippen LogP contribution in [0.25, 0.3) is 0 Å². The SMILES string of the molecule is CC(CO)(CO)n1ccc(I)n1. The molecule has 0 aromatic carbocycles. The summed E-state index contributed by atoms with van der Waals surface area (Å²) in [6.07, 6.45) is 1.74. The van der Waals surface area contributed by atoms with Gasteiger partial charge in [0.25, 0.3) is 0 Å². The van der Waals surface area contributed by atoms with E-state index >= 15 is 0 Å². The number of hydrogen-bond donors (Lipinski definition) is 2. The van der Waals surface area contributed by atoms with Crippen LogP contribution in [0.15, 0.2) is 12.3 Å². The van der Waals surface area contributed by atoms with Crippen LogP contribution in [0.1, 0.15) is 6.92 Å². The second kappa shape index (κ2) is 3.71. The average molecular weight is 282 g/mol. The molecule has 2 N–H and O–H groups in total. The summed E-state index contributed by atoms with van der Waals surface area (Å²) in [5, 5.41) is 22.2. The molecular formula is C7H11IN2O2. The van der Waals surface area contributed by atoms with E-state index in [9.17, 15) is 0 Å². The maximum absolute atomic E-state index is 9.02. The Morgan fingerprint density at radius 1 is 1.58 bits per heavy atom. The molecule has 68 valence electrons. The van der Waals surface area contributed by atoms with Crippen molar-refractivity contribution >= 4 is 22.6 Å². The van der Waals surface area contributed by atoms with Gasteiger partial charge in [-0.3, -0.25) is 4.68 Å². The molecule has 5 heteroatoms. The van der Waals surface area contributed by atoms with E-state index in [1.165, 1.54) is 0 Å². The Morgan fingerprint density at radius 3 is 2.50 bits per heavy atom. The van der Waals surface area contributed by atoms with Gasteiger partial charge in [-0.1, -0.05) is 0 Å². The molecule has 0 saturated heterocycles. The summed E-state index contributed by atoms with van der Waals surface area (Å²) in [7, 11) is 0. The Hall–Kier alpha value is -0.140. The second-order valence-corrected chi connectivity index (χ2v) is 4.00. The van der Waals surface area contributed by atoms with Crippen LogP contribution in [-0.4, -0.2) is 33.2 Å². The first-order chi connectivity index (χ1) is 5.62. The van der Waals surface area contributed by atoms with Crippen LogP contribution < -0.4 is 0 Å². The summed E-state index contributed by atoms with van der Waals surface area (Å²) in [6.45, 7) is 1.50. The Morgan fingerprint density at radius 2 is 2.17 bits per heavy atom. The maximum atomic E-state index is 9.02. The van der Waals surface area contributed by atoms with E-state index in [0.717, 1.165) is 3.70 Å². The van der Waals surface area contributed by atoms with Gasteiger partial charge in [0.2, 0.25) is 0 Å². The Bertz CT molecular complexity index is 258. The van der Waals surface area contributed by atoms with Crippen molar-refractivity contribution < 1.29 is 10.2 Å². The highest BCUT2D eigenvalue weighted by Gasteiger charge is 2.25. The molecule has 0 aliphatic rings. The van der Waals surface area contributed by atoms with Crippen molar-refractivity contribution in [1.82, 2.24) is 9.78 Å². The summed E-state index contributed by atoms with van der Waals surface area (Å²) in [5.41, 5.74) is -0.691. The minimum absolute atomic E-state index is 0.124. The van der Waals surface area contributed by atoms with E-state index < -0.39 is 5.54 Å².